The molecule has 0 radical (unpaired) electrons. The summed E-state index contributed by atoms with van der Waals surface area (Å²) in [4.78, 5) is 19.6. The molecule has 0 atom stereocenters. The molecule has 46 heavy (non-hydrogen) atoms. The SMILES string of the molecule is COc1ccc(NCc2nc(C)c(CC(=O)O)c(N3CCC4(CCC4)CC3)c2-c2ccc(OCCc3ccc(F)cc3)cc2)cc1. The van der Waals surface area contributed by atoms with E-state index < -0.39 is 5.97 Å². The molecule has 3 aromatic carbocycles. The van der Waals surface area contributed by atoms with Gasteiger partial charge in [-0.3, -0.25) is 9.78 Å². The van der Waals surface area contributed by atoms with Crippen molar-refractivity contribution in [2.75, 3.05) is 37.0 Å². The van der Waals surface area contributed by atoms with E-state index in [4.69, 9.17) is 14.5 Å². The zero-order chi connectivity index (χ0) is 32.1. The van der Waals surface area contributed by atoms with Gasteiger partial charge in [-0.25, -0.2) is 4.39 Å². The van der Waals surface area contributed by atoms with Crippen molar-refractivity contribution in [3.05, 3.63) is 101 Å². The van der Waals surface area contributed by atoms with Gasteiger partial charge in [-0.05, 0) is 97.7 Å². The largest absolute Gasteiger partial charge is 0.497 e. The maximum Gasteiger partial charge on any atom is 0.307 e. The molecule has 1 aliphatic heterocycles. The number of piperidine rings is 1. The Hall–Kier alpha value is -4.59. The molecule has 6 rings (SSSR count). The second-order valence-corrected chi connectivity index (χ2v) is 12.6. The van der Waals surface area contributed by atoms with E-state index in [0.717, 1.165) is 82.4 Å². The first-order chi connectivity index (χ1) is 22.3. The summed E-state index contributed by atoms with van der Waals surface area (Å²) < 4.78 is 24.6. The second kappa shape index (κ2) is 13.8. The number of carbonyl (C=O) groups is 1. The summed E-state index contributed by atoms with van der Waals surface area (Å²) in [6.45, 7) is 4.67. The van der Waals surface area contributed by atoms with Crippen LogP contribution in [0.15, 0.2) is 72.8 Å². The van der Waals surface area contributed by atoms with Gasteiger partial charge in [0.25, 0.3) is 0 Å². The third kappa shape index (κ3) is 7.11. The molecule has 1 saturated heterocycles. The third-order valence-corrected chi connectivity index (χ3v) is 9.70. The number of hydrogen-bond acceptors (Lipinski definition) is 6. The van der Waals surface area contributed by atoms with Gasteiger partial charge >= 0.3 is 5.97 Å². The van der Waals surface area contributed by atoms with Crippen LogP contribution < -0.4 is 19.7 Å². The molecule has 1 aromatic heterocycles. The van der Waals surface area contributed by atoms with E-state index in [9.17, 15) is 14.3 Å². The number of carboxylic acids is 1. The van der Waals surface area contributed by atoms with Crippen LogP contribution in [-0.2, 0) is 24.2 Å². The van der Waals surface area contributed by atoms with Gasteiger partial charge < -0.3 is 24.8 Å². The summed E-state index contributed by atoms with van der Waals surface area (Å²) >= 11 is 0. The lowest BCUT2D eigenvalue weighted by atomic mass is 9.63. The van der Waals surface area contributed by atoms with Crippen molar-refractivity contribution in [1.29, 1.82) is 0 Å². The molecular weight excluding hydrogens is 581 g/mol. The lowest BCUT2D eigenvalue weighted by molar-refractivity contribution is -0.136. The lowest BCUT2D eigenvalue weighted by Crippen LogP contribution is -2.44. The number of aryl methyl sites for hydroxylation is 1. The van der Waals surface area contributed by atoms with Gasteiger partial charge in [0.05, 0.1) is 38.1 Å². The van der Waals surface area contributed by atoms with Gasteiger partial charge in [0, 0.05) is 42.0 Å². The number of nitrogens with one attached hydrogen (secondary N) is 1. The first kappa shape index (κ1) is 31.4. The van der Waals surface area contributed by atoms with E-state index in [1.807, 2.05) is 55.5 Å². The number of methoxy groups -OCH3 is 1. The van der Waals surface area contributed by atoms with Crippen molar-refractivity contribution in [3.63, 3.8) is 0 Å². The molecule has 2 aliphatic rings. The van der Waals surface area contributed by atoms with Crippen molar-refractivity contribution in [1.82, 2.24) is 4.98 Å². The standard InChI is InChI=1S/C38H42FN3O4/c1-26-33(24-35(43)44)37(42-21-19-38(20-22-42)17-3-18-38)36(34(41-26)25-40-30-10-14-31(45-2)15-11-30)28-6-12-32(13-7-28)46-23-16-27-4-8-29(39)9-5-27/h4-15,40H,3,16-25H2,1-2H3,(H,43,44). The van der Waals surface area contributed by atoms with Gasteiger partial charge in [-0.15, -0.1) is 0 Å². The smallest absolute Gasteiger partial charge is 0.307 e. The Kier molecular flexibility index (Phi) is 9.43. The first-order valence-electron chi connectivity index (χ1n) is 16.2. The lowest BCUT2D eigenvalue weighted by Gasteiger charge is -2.49. The summed E-state index contributed by atoms with van der Waals surface area (Å²) in [7, 11) is 1.65. The van der Waals surface area contributed by atoms with Crippen LogP contribution in [0.2, 0.25) is 0 Å². The van der Waals surface area contributed by atoms with Gasteiger partial charge in [-0.1, -0.05) is 30.7 Å². The van der Waals surface area contributed by atoms with Gasteiger partial charge in [-0.2, -0.15) is 0 Å². The van der Waals surface area contributed by atoms with Gasteiger partial charge in [0.2, 0.25) is 0 Å². The zero-order valence-electron chi connectivity index (χ0n) is 26.7. The maximum atomic E-state index is 13.3. The molecule has 2 heterocycles. The summed E-state index contributed by atoms with van der Waals surface area (Å²) in [6, 6.07) is 22.3. The minimum Gasteiger partial charge on any atom is -0.497 e. The van der Waals surface area contributed by atoms with Crippen molar-refractivity contribution >= 4 is 17.3 Å². The average molecular weight is 624 g/mol. The molecule has 7 nitrogen and oxygen atoms in total. The number of rotatable bonds is 12. The molecule has 1 saturated carbocycles. The van der Waals surface area contributed by atoms with Crippen molar-refractivity contribution in [2.24, 2.45) is 5.41 Å². The number of carboxylic acid groups (broad SMARTS) is 1. The van der Waals surface area contributed by atoms with Crippen LogP contribution in [-0.4, -0.2) is 42.9 Å². The maximum absolute atomic E-state index is 13.3. The molecular formula is C38H42FN3O4. The van der Waals surface area contributed by atoms with Crippen molar-refractivity contribution in [2.45, 2.75) is 58.4 Å². The summed E-state index contributed by atoms with van der Waals surface area (Å²) in [5.41, 5.74) is 7.72. The number of aromatic nitrogens is 1. The highest BCUT2D eigenvalue weighted by Crippen LogP contribution is 2.50. The minimum atomic E-state index is -0.862. The predicted molar refractivity (Wildman–Crippen MR) is 179 cm³/mol. The Bertz CT molecular complexity index is 1640. The number of aliphatic carboxylic acids is 1. The minimum absolute atomic E-state index is 0.0838. The Morgan fingerprint density at radius 2 is 1.63 bits per heavy atom. The molecule has 0 unspecified atom stereocenters. The Balaban J connectivity index is 1.33. The third-order valence-electron chi connectivity index (χ3n) is 9.70. The molecule has 2 N–H and O–H groups in total. The predicted octanol–water partition coefficient (Wildman–Crippen LogP) is 7.84. The fourth-order valence-electron chi connectivity index (χ4n) is 6.86. The summed E-state index contributed by atoms with van der Waals surface area (Å²) in [5, 5.41) is 13.5. The number of nitrogens with zero attached hydrogens (tertiary/aromatic N) is 2. The Morgan fingerprint density at radius 3 is 2.24 bits per heavy atom. The van der Waals surface area contributed by atoms with Crippen molar-refractivity contribution in [3.8, 4) is 22.6 Å². The van der Waals surface area contributed by atoms with E-state index >= 15 is 0 Å². The highest BCUT2D eigenvalue weighted by atomic mass is 19.1. The van der Waals surface area contributed by atoms with Crippen LogP contribution in [0, 0.1) is 18.2 Å². The van der Waals surface area contributed by atoms with E-state index in [-0.39, 0.29) is 12.2 Å². The van der Waals surface area contributed by atoms with E-state index in [0.29, 0.717) is 25.0 Å². The average Bonchev–Trinajstić information content (AvgIpc) is 3.05. The van der Waals surface area contributed by atoms with Crippen LogP contribution in [0.3, 0.4) is 0 Å². The molecule has 8 heteroatoms. The summed E-state index contributed by atoms with van der Waals surface area (Å²) in [6.07, 6.45) is 6.74. The zero-order valence-corrected chi connectivity index (χ0v) is 26.7. The number of ether oxygens (including phenoxy) is 2. The second-order valence-electron chi connectivity index (χ2n) is 12.6. The van der Waals surface area contributed by atoms with Crippen LogP contribution in [0.1, 0.15) is 54.6 Å². The van der Waals surface area contributed by atoms with Gasteiger partial charge in [0.15, 0.2) is 0 Å². The first-order valence-corrected chi connectivity index (χ1v) is 16.2. The normalized spacial score (nSPS) is 15.3. The molecule has 1 aliphatic carbocycles. The summed E-state index contributed by atoms with van der Waals surface area (Å²) in [5.74, 6) is 0.414. The number of anilines is 2. The highest BCUT2D eigenvalue weighted by Gasteiger charge is 2.40. The van der Waals surface area contributed by atoms with E-state index in [1.54, 1.807) is 19.2 Å². The van der Waals surface area contributed by atoms with E-state index in [2.05, 4.69) is 10.2 Å². The van der Waals surface area contributed by atoms with Crippen LogP contribution in [0.25, 0.3) is 11.1 Å². The molecule has 4 aromatic rings. The fourth-order valence-corrected chi connectivity index (χ4v) is 6.86. The van der Waals surface area contributed by atoms with Gasteiger partial charge in [0.1, 0.15) is 17.3 Å². The number of benzene rings is 3. The molecule has 240 valence electrons. The number of halogens is 1. The monoisotopic (exact) mass is 623 g/mol. The number of pyridine rings is 1. The van der Waals surface area contributed by atoms with E-state index in [1.165, 1.54) is 31.4 Å². The molecule has 2 fully saturated rings. The highest BCUT2D eigenvalue weighted by molar-refractivity contribution is 5.87. The van der Waals surface area contributed by atoms with Crippen LogP contribution in [0.4, 0.5) is 15.8 Å². The Morgan fingerprint density at radius 1 is 0.957 bits per heavy atom. The topological polar surface area (TPSA) is 83.9 Å². The number of hydrogen-bond donors (Lipinski definition) is 2. The van der Waals surface area contributed by atoms with Crippen molar-refractivity contribution < 1.29 is 23.8 Å². The molecule has 1 spiro atoms. The molecule has 0 bridgehead atoms. The van der Waals surface area contributed by atoms with Crippen LogP contribution >= 0.6 is 0 Å². The fraction of sp³-hybridized carbons (Fsp3) is 0.368. The van der Waals surface area contributed by atoms with Crippen LogP contribution in [0.5, 0.6) is 11.5 Å². The molecule has 0 amide bonds. The quantitative estimate of drug-likeness (QED) is 0.166. The Labute approximate surface area is 270 Å².